The molecule has 0 saturated heterocycles. The second-order valence-electron chi connectivity index (χ2n) is 7.03. The smallest absolute Gasteiger partial charge is 0.228 e. The zero-order valence-corrected chi connectivity index (χ0v) is 14.3. The van der Waals surface area contributed by atoms with Crippen LogP contribution < -0.4 is 10.6 Å². The third-order valence-electron chi connectivity index (χ3n) is 5.26. The van der Waals surface area contributed by atoms with E-state index in [1.807, 2.05) is 12.1 Å². The van der Waals surface area contributed by atoms with E-state index in [0.717, 1.165) is 36.1 Å². The van der Waals surface area contributed by atoms with Crippen molar-refractivity contribution in [1.29, 1.82) is 0 Å². The minimum absolute atomic E-state index is 0.163. The van der Waals surface area contributed by atoms with Gasteiger partial charge in [-0.3, -0.25) is 4.79 Å². The molecule has 0 bridgehead atoms. The van der Waals surface area contributed by atoms with E-state index in [-0.39, 0.29) is 18.1 Å². The number of halogens is 1. The van der Waals surface area contributed by atoms with E-state index >= 15 is 0 Å². The van der Waals surface area contributed by atoms with E-state index in [1.54, 1.807) is 6.07 Å². The summed E-state index contributed by atoms with van der Waals surface area (Å²) in [6.07, 6.45) is 5.65. The van der Waals surface area contributed by atoms with Crippen LogP contribution in [0, 0.1) is 5.82 Å². The van der Waals surface area contributed by atoms with Crippen molar-refractivity contribution in [3.63, 3.8) is 0 Å². The highest BCUT2D eigenvalue weighted by Gasteiger charge is 2.18. The van der Waals surface area contributed by atoms with Crippen LogP contribution in [-0.2, 0) is 37.0 Å². The van der Waals surface area contributed by atoms with E-state index in [9.17, 15) is 9.18 Å². The predicted octanol–water partition coefficient (Wildman–Crippen LogP) is 3.53. The maximum Gasteiger partial charge on any atom is 0.228 e. The fraction of sp³-hybridized carbons (Fsp3) is 0.381. The van der Waals surface area contributed by atoms with E-state index in [1.165, 1.54) is 24.0 Å². The number of rotatable bonds is 3. The Morgan fingerprint density at radius 2 is 1.84 bits per heavy atom. The SMILES string of the molecule is O=C(Cc1ccc2c(c1)CCCC2)Nc1ccc2c(c1F)CCNC2. The maximum absolute atomic E-state index is 14.6. The summed E-state index contributed by atoms with van der Waals surface area (Å²) in [6, 6.07) is 9.89. The number of amides is 1. The molecule has 130 valence electrons. The number of anilines is 1. The van der Waals surface area contributed by atoms with Gasteiger partial charge < -0.3 is 10.6 Å². The molecule has 2 aromatic carbocycles. The third-order valence-corrected chi connectivity index (χ3v) is 5.26. The van der Waals surface area contributed by atoms with Gasteiger partial charge in [-0.1, -0.05) is 24.3 Å². The molecule has 0 fully saturated rings. The first kappa shape index (κ1) is 16.3. The number of hydrogen-bond acceptors (Lipinski definition) is 2. The molecule has 1 aliphatic carbocycles. The van der Waals surface area contributed by atoms with Crippen molar-refractivity contribution in [3.8, 4) is 0 Å². The molecular formula is C21H23FN2O. The van der Waals surface area contributed by atoms with Crippen LogP contribution in [-0.4, -0.2) is 12.5 Å². The van der Waals surface area contributed by atoms with Gasteiger partial charge in [0.05, 0.1) is 12.1 Å². The van der Waals surface area contributed by atoms with Crippen LogP contribution in [0.15, 0.2) is 30.3 Å². The molecule has 0 aromatic heterocycles. The van der Waals surface area contributed by atoms with Crippen molar-refractivity contribution in [3.05, 3.63) is 64.0 Å². The summed E-state index contributed by atoms with van der Waals surface area (Å²) >= 11 is 0. The molecule has 3 nitrogen and oxygen atoms in total. The van der Waals surface area contributed by atoms with Gasteiger partial charge in [0.2, 0.25) is 5.91 Å². The van der Waals surface area contributed by atoms with Gasteiger partial charge in [0.25, 0.3) is 0 Å². The number of nitrogens with one attached hydrogen (secondary N) is 2. The molecule has 2 N–H and O–H groups in total. The number of hydrogen-bond donors (Lipinski definition) is 2. The topological polar surface area (TPSA) is 41.1 Å². The van der Waals surface area contributed by atoms with Gasteiger partial charge in [-0.05, 0) is 72.5 Å². The van der Waals surface area contributed by atoms with E-state index in [2.05, 4.69) is 22.8 Å². The van der Waals surface area contributed by atoms with Crippen LogP contribution in [0.2, 0.25) is 0 Å². The summed E-state index contributed by atoms with van der Waals surface area (Å²) in [5, 5.41) is 5.99. The van der Waals surface area contributed by atoms with Gasteiger partial charge in [0, 0.05) is 6.54 Å². The van der Waals surface area contributed by atoms with Gasteiger partial charge >= 0.3 is 0 Å². The molecule has 25 heavy (non-hydrogen) atoms. The van der Waals surface area contributed by atoms with Gasteiger partial charge in [-0.2, -0.15) is 0 Å². The first-order valence-electron chi connectivity index (χ1n) is 9.12. The molecule has 4 rings (SSSR count). The van der Waals surface area contributed by atoms with E-state index in [0.29, 0.717) is 18.7 Å². The van der Waals surface area contributed by atoms with Crippen molar-refractivity contribution in [1.82, 2.24) is 5.32 Å². The van der Waals surface area contributed by atoms with Crippen molar-refractivity contribution in [2.75, 3.05) is 11.9 Å². The summed E-state index contributed by atoms with van der Waals surface area (Å²) in [7, 11) is 0. The van der Waals surface area contributed by atoms with Crippen LogP contribution in [0.5, 0.6) is 0 Å². The molecule has 0 radical (unpaired) electrons. The molecular weight excluding hydrogens is 315 g/mol. The Hall–Kier alpha value is -2.20. The molecule has 0 atom stereocenters. The minimum Gasteiger partial charge on any atom is -0.323 e. The van der Waals surface area contributed by atoms with Crippen molar-refractivity contribution >= 4 is 11.6 Å². The fourth-order valence-corrected chi connectivity index (χ4v) is 3.91. The summed E-state index contributed by atoms with van der Waals surface area (Å²) in [5.74, 6) is -0.443. The molecule has 2 aromatic rings. The van der Waals surface area contributed by atoms with Crippen LogP contribution in [0.4, 0.5) is 10.1 Å². The molecule has 2 aliphatic rings. The second-order valence-corrected chi connectivity index (χ2v) is 7.03. The quantitative estimate of drug-likeness (QED) is 0.899. The molecule has 1 aliphatic heterocycles. The Labute approximate surface area is 147 Å². The summed E-state index contributed by atoms with van der Waals surface area (Å²) in [6.45, 7) is 1.46. The number of aryl methyl sites for hydroxylation is 2. The average Bonchev–Trinajstić information content (AvgIpc) is 2.64. The van der Waals surface area contributed by atoms with Crippen molar-refractivity contribution in [2.24, 2.45) is 0 Å². The largest absolute Gasteiger partial charge is 0.323 e. The molecule has 0 spiro atoms. The molecule has 1 amide bonds. The standard InChI is InChI=1S/C21H23FN2O/c22-21-18-9-10-23-13-17(18)7-8-19(21)24-20(25)12-14-5-6-15-3-1-2-4-16(15)11-14/h5-8,11,23H,1-4,9-10,12-13H2,(H,24,25). The van der Waals surface area contributed by atoms with E-state index < -0.39 is 0 Å². The Balaban J connectivity index is 1.47. The Morgan fingerprint density at radius 3 is 2.72 bits per heavy atom. The highest BCUT2D eigenvalue weighted by molar-refractivity contribution is 5.92. The lowest BCUT2D eigenvalue weighted by Crippen LogP contribution is -2.25. The number of carbonyl (C=O) groups is 1. The predicted molar refractivity (Wildman–Crippen MR) is 97.2 cm³/mol. The Bertz CT molecular complexity index is 816. The Kier molecular flexibility index (Phi) is 4.53. The van der Waals surface area contributed by atoms with Gasteiger partial charge in [0.15, 0.2) is 0 Å². The van der Waals surface area contributed by atoms with Crippen LogP contribution in [0.25, 0.3) is 0 Å². The molecule has 0 unspecified atom stereocenters. The average molecular weight is 338 g/mol. The lowest BCUT2D eigenvalue weighted by molar-refractivity contribution is -0.115. The lowest BCUT2D eigenvalue weighted by atomic mass is 9.90. The first-order valence-corrected chi connectivity index (χ1v) is 9.12. The lowest BCUT2D eigenvalue weighted by Gasteiger charge is -2.19. The second kappa shape index (κ2) is 6.96. The van der Waals surface area contributed by atoms with Crippen LogP contribution in [0.1, 0.15) is 40.7 Å². The molecule has 0 saturated carbocycles. The monoisotopic (exact) mass is 338 g/mol. The van der Waals surface area contributed by atoms with Gasteiger partial charge in [-0.25, -0.2) is 4.39 Å². The van der Waals surface area contributed by atoms with Crippen molar-refractivity contribution in [2.45, 2.75) is 45.1 Å². The minimum atomic E-state index is -0.280. The van der Waals surface area contributed by atoms with E-state index in [4.69, 9.17) is 0 Å². The van der Waals surface area contributed by atoms with Crippen molar-refractivity contribution < 1.29 is 9.18 Å². The Morgan fingerprint density at radius 1 is 1.04 bits per heavy atom. The molecule has 4 heteroatoms. The zero-order valence-electron chi connectivity index (χ0n) is 14.3. The fourth-order valence-electron chi connectivity index (χ4n) is 3.91. The van der Waals surface area contributed by atoms with Gasteiger partial charge in [0.1, 0.15) is 5.82 Å². The number of fused-ring (bicyclic) bond motifs is 2. The zero-order chi connectivity index (χ0) is 17.2. The highest BCUT2D eigenvalue weighted by atomic mass is 19.1. The highest BCUT2D eigenvalue weighted by Crippen LogP contribution is 2.25. The summed E-state index contributed by atoms with van der Waals surface area (Å²) in [4.78, 5) is 12.4. The summed E-state index contributed by atoms with van der Waals surface area (Å²) in [5.41, 5.74) is 5.78. The summed E-state index contributed by atoms with van der Waals surface area (Å²) < 4.78 is 14.6. The normalized spacial score (nSPS) is 16.0. The first-order chi connectivity index (χ1) is 12.2. The van der Waals surface area contributed by atoms with Crippen LogP contribution >= 0.6 is 0 Å². The molecule has 1 heterocycles. The maximum atomic E-state index is 14.6. The number of carbonyl (C=O) groups excluding carboxylic acids is 1. The number of benzene rings is 2. The van der Waals surface area contributed by atoms with Crippen LogP contribution in [0.3, 0.4) is 0 Å². The van der Waals surface area contributed by atoms with Gasteiger partial charge in [-0.15, -0.1) is 0 Å². The third kappa shape index (κ3) is 3.45.